The molecule has 0 aromatic heterocycles. The van der Waals surface area contributed by atoms with Crippen LogP contribution < -0.4 is 5.32 Å². The minimum atomic E-state index is 0. The number of nitrogens with one attached hydrogen (secondary N) is 1. The molecular weight excluding hydrogens is 128 g/mol. The Morgan fingerprint density at radius 1 is 1.60 bits per heavy atom. The first-order chi connectivity index (χ1) is 4.76. The summed E-state index contributed by atoms with van der Waals surface area (Å²) < 4.78 is 0. The smallest absolute Gasteiger partial charge is 0.317 e. The average molecular weight is 146 g/mol. The van der Waals surface area contributed by atoms with Gasteiger partial charge in [0.25, 0.3) is 0 Å². The highest BCUT2D eigenvalue weighted by molar-refractivity contribution is 5.73. The highest BCUT2D eigenvalue weighted by atomic mass is 16.2. The maximum absolute atomic E-state index is 10.9. The van der Waals surface area contributed by atoms with E-state index in [4.69, 9.17) is 0 Å². The van der Waals surface area contributed by atoms with Crippen molar-refractivity contribution >= 4 is 6.03 Å². The van der Waals surface area contributed by atoms with E-state index >= 15 is 0 Å². The van der Waals surface area contributed by atoms with Crippen LogP contribution in [0.2, 0.25) is 0 Å². The number of carbonyl (C=O) groups is 1. The molecule has 0 saturated carbocycles. The van der Waals surface area contributed by atoms with Crippen molar-refractivity contribution < 1.29 is 6.22 Å². The lowest BCUT2D eigenvalue weighted by Gasteiger charge is -2.18. The second-order valence-electron chi connectivity index (χ2n) is 2.13. The van der Waals surface area contributed by atoms with E-state index < -0.39 is 0 Å². The van der Waals surface area contributed by atoms with Gasteiger partial charge in [-0.3, -0.25) is 0 Å². The van der Waals surface area contributed by atoms with E-state index in [2.05, 4.69) is 12.2 Å². The van der Waals surface area contributed by atoms with Gasteiger partial charge < -0.3 is 10.2 Å². The van der Waals surface area contributed by atoms with Gasteiger partial charge in [-0.25, -0.2) is 4.79 Å². The van der Waals surface area contributed by atoms with Crippen molar-refractivity contribution in [3.05, 3.63) is 0 Å². The fraction of sp³-hybridized carbons (Fsp3) is 0.857. The predicted octanol–water partition coefficient (Wildman–Crippen LogP) is 1.30. The lowest BCUT2D eigenvalue weighted by Crippen LogP contribution is -2.38. The molecule has 0 heterocycles. The summed E-state index contributed by atoms with van der Waals surface area (Å²) in [5, 5.41) is 2.59. The largest absolute Gasteiger partial charge is 0.341 e. The first-order valence-electron chi connectivity index (χ1n) is 3.72. The fourth-order valence-corrected chi connectivity index (χ4v) is 0.831. The van der Waals surface area contributed by atoms with Gasteiger partial charge in [0.2, 0.25) is 0 Å². The summed E-state index contributed by atoms with van der Waals surface area (Å²) in [6.07, 6.45) is 1.02. The van der Waals surface area contributed by atoms with E-state index in [1.54, 1.807) is 11.9 Å². The van der Waals surface area contributed by atoms with E-state index in [0.717, 1.165) is 19.5 Å². The van der Waals surface area contributed by atoms with Crippen LogP contribution in [0, 0.1) is 0 Å². The van der Waals surface area contributed by atoms with Crippen molar-refractivity contribution in [3.63, 3.8) is 0 Å². The second-order valence-corrected chi connectivity index (χ2v) is 2.13. The average Bonchev–Trinajstić information content (AvgIpc) is 1.99. The van der Waals surface area contributed by atoms with Gasteiger partial charge in [0.1, 0.15) is 0 Å². The molecule has 3 heteroatoms. The van der Waals surface area contributed by atoms with Crippen LogP contribution in [-0.4, -0.2) is 31.1 Å². The number of nitrogens with zero attached hydrogens (tertiary/aromatic N) is 1. The van der Waals surface area contributed by atoms with Gasteiger partial charge in [-0.1, -0.05) is 6.92 Å². The zero-order valence-corrected chi connectivity index (χ0v) is 6.98. The van der Waals surface area contributed by atoms with Crippen LogP contribution >= 0.6 is 0 Å². The summed E-state index contributed by atoms with van der Waals surface area (Å²) in [6.45, 7) is 5.67. The highest BCUT2D eigenvalue weighted by Gasteiger charge is 2.05. The Bertz CT molecular complexity index is 109. The first kappa shape index (κ1) is 9.27. The first-order valence-corrected chi connectivity index (χ1v) is 3.72. The number of amides is 2. The normalized spacial score (nSPS) is 9.10. The van der Waals surface area contributed by atoms with Gasteiger partial charge in [-0.15, -0.1) is 0 Å². The Labute approximate surface area is 63.9 Å². The van der Waals surface area contributed by atoms with Gasteiger partial charge in [0.15, 0.2) is 0 Å². The monoisotopic (exact) mass is 146 g/mol. The molecule has 0 aromatic carbocycles. The summed E-state index contributed by atoms with van der Waals surface area (Å²) in [5.41, 5.74) is 0. The minimum absolute atomic E-state index is 0. The molecule has 0 aliphatic carbocycles. The second kappa shape index (κ2) is 5.09. The third-order valence-corrected chi connectivity index (χ3v) is 1.38. The molecule has 0 unspecified atom stereocenters. The van der Waals surface area contributed by atoms with E-state index in [-0.39, 0.29) is 7.46 Å². The summed E-state index contributed by atoms with van der Waals surface area (Å²) in [5.74, 6) is 0. The number of rotatable bonds is 3. The van der Waals surface area contributed by atoms with E-state index in [1.807, 2.05) is 6.92 Å². The molecule has 0 fully saturated rings. The van der Waals surface area contributed by atoms with Crippen LogP contribution in [0.3, 0.4) is 0 Å². The van der Waals surface area contributed by atoms with Crippen LogP contribution in [0.4, 0.5) is 4.79 Å². The maximum Gasteiger partial charge on any atom is 0.317 e. The van der Waals surface area contributed by atoms with Crippen molar-refractivity contribution in [2.45, 2.75) is 20.3 Å². The van der Waals surface area contributed by atoms with Crippen LogP contribution in [0.5, 0.6) is 0 Å². The topological polar surface area (TPSA) is 32.3 Å². The van der Waals surface area contributed by atoms with Crippen LogP contribution in [-0.2, 0) is 0 Å². The summed E-state index contributed by atoms with van der Waals surface area (Å²) in [6, 6.07) is 0.0179. The van der Waals surface area contributed by atoms with Gasteiger partial charge in [0, 0.05) is 21.6 Å². The molecule has 0 rings (SSSR count). The molecule has 0 atom stereocenters. The van der Waals surface area contributed by atoms with Crippen molar-refractivity contribution in [1.29, 1.82) is 0 Å². The van der Waals surface area contributed by atoms with Gasteiger partial charge >= 0.3 is 6.03 Å². The lowest BCUT2D eigenvalue weighted by atomic mass is 10.4. The quantitative estimate of drug-likeness (QED) is 0.639. The molecule has 0 spiro atoms. The van der Waals surface area contributed by atoms with Crippen molar-refractivity contribution in [2.75, 3.05) is 20.1 Å². The summed E-state index contributed by atoms with van der Waals surface area (Å²) >= 11 is 0. The Morgan fingerprint density at radius 3 is 2.50 bits per heavy atom. The molecule has 2 amide bonds. The summed E-state index contributed by atoms with van der Waals surface area (Å²) in [4.78, 5) is 12.7. The number of hydrogen-bond acceptors (Lipinski definition) is 1. The molecular formula is C7H18N2O. The van der Waals surface area contributed by atoms with E-state index in [0.29, 0.717) is 0 Å². The molecule has 10 heavy (non-hydrogen) atoms. The van der Waals surface area contributed by atoms with Crippen LogP contribution in [0.1, 0.15) is 21.7 Å². The Hall–Kier alpha value is -0.730. The van der Waals surface area contributed by atoms with Gasteiger partial charge in [0.05, 0.1) is 0 Å². The van der Waals surface area contributed by atoms with Crippen LogP contribution in [0.25, 0.3) is 0 Å². The SMILES string of the molecule is CCCN(CC)C(=O)NC.[HH]. The Balaban J connectivity index is 0. The Kier molecular flexibility index (Phi) is 4.72. The molecule has 0 saturated heterocycles. The van der Waals surface area contributed by atoms with Crippen molar-refractivity contribution in [1.82, 2.24) is 10.2 Å². The van der Waals surface area contributed by atoms with Gasteiger partial charge in [-0.2, -0.15) is 0 Å². The lowest BCUT2D eigenvalue weighted by molar-refractivity contribution is 0.203. The summed E-state index contributed by atoms with van der Waals surface area (Å²) in [7, 11) is 1.65. The number of urea groups is 1. The fourth-order valence-electron chi connectivity index (χ4n) is 0.831. The zero-order valence-electron chi connectivity index (χ0n) is 6.98. The number of carbonyl (C=O) groups excluding carboxylic acids is 1. The predicted molar refractivity (Wildman–Crippen MR) is 44.1 cm³/mol. The third kappa shape index (κ3) is 2.71. The molecule has 62 valence electrons. The minimum Gasteiger partial charge on any atom is -0.341 e. The standard InChI is InChI=1S/C7H16N2O.H2/c1-4-6-9(5-2)7(10)8-3;/h4-6H2,1-3H3,(H,8,10);1H. The molecule has 0 aliphatic heterocycles. The van der Waals surface area contributed by atoms with E-state index in [9.17, 15) is 4.79 Å². The molecule has 3 nitrogen and oxygen atoms in total. The Morgan fingerprint density at radius 2 is 2.20 bits per heavy atom. The molecule has 1 N–H and O–H groups in total. The van der Waals surface area contributed by atoms with Crippen molar-refractivity contribution in [2.24, 2.45) is 0 Å². The maximum atomic E-state index is 10.9. The number of hydrogen-bond donors (Lipinski definition) is 1. The zero-order chi connectivity index (χ0) is 7.98. The molecule has 0 aliphatic rings. The molecule has 0 bridgehead atoms. The van der Waals surface area contributed by atoms with Crippen LogP contribution in [0.15, 0.2) is 0 Å². The van der Waals surface area contributed by atoms with Crippen molar-refractivity contribution in [3.8, 4) is 0 Å². The molecule has 0 radical (unpaired) electrons. The molecule has 0 aromatic rings. The highest BCUT2D eigenvalue weighted by Crippen LogP contribution is 1.90. The van der Waals surface area contributed by atoms with E-state index in [1.165, 1.54) is 0 Å². The van der Waals surface area contributed by atoms with Gasteiger partial charge in [-0.05, 0) is 13.3 Å². The third-order valence-electron chi connectivity index (χ3n) is 1.38.